The molecular weight excluding hydrogens is 767 g/mol. The molecule has 0 aliphatic rings. The summed E-state index contributed by atoms with van der Waals surface area (Å²) in [5.74, 6) is 1.59. The fourth-order valence-electron chi connectivity index (χ4n) is 9.28. The second-order valence-electron chi connectivity index (χ2n) is 15.9. The highest BCUT2D eigenvalue weighted by Crippen LogP contribution is 2.39. The maximum Gasteiger partial charge on any atom is 0.190 e. The number of fused-ring (bicyclic) bond motifs is 9. The van der Waals surface area contributed by atoms with Gasteiger partial charge in [-0.3, -0.25) is 0 Å². The second kappa shape index (κ2) is 14.8. The monoisotopic (exact) mass is 801 g/mol. The Bertz CT molecular complexity index is 3730. The normalized spacial score (nSPS) is 11.5. The minimum Gasteiger partial charge on any atom is -0.310 e. The Kier molecular flexibility index (Phi) is 8.48. The third-order valence-electron chi connectivity index (χ3n) is 12.2. The van der Waals surface area contributed by atoms with Crippen LogP contribution in [0.15, 0.2) is 212 Å². The number of hydrogen-bond donors (Lipinski definition) is 0. The van der Waals surface area contributed by atoms with Gasteiger partial charge in [0, 0.05) is 33.2 Å². The van der Waals surface area contributed by atoms with E-state index in [1.807, 2.05) is 18.2 Å². The summed E-state index contributed by atoms with van der Waals surface area (Å²) in [5.41, 5.74) is 10.4. The highest BCUT2D eigenvalue weighted by molar-refractivity contribution is 6.25. The molecule has 12 aromatic rings. The fourth-order valence-corrected chi connectivity index (χ4v) is 9.28. The number of aromatic nitrogens is 4. The van der Waals surface area contributed by atoms with Gasteiger partial charge in [-0.05, 0) is 103 Å². The highest BCUT2D eigenvalue weighted by atomic mass is 15.0. The van der Waals surface area contributed by atoms with E-state index in [9.17, 15) is 0 Å². The van der Waals surface area contributed by atoms with Gasteiger partial charge in [-0.15, -0.1) is 0 Å². The SMILES string of the molecule is [C-]#[N+]c1cc(-c2nc(-c3cccc(-c4cccc(-c5ccccc5)c4)c3)nc(-c3ccc4c5ccccc5c5ccccc5c4c3)n2)cc(-n2c3ccccc3c3ccccc32)c1. The first-order chi connectivity index (χ1) is 31.2. The minimum absolute atomic E-state index is 0.488. The van der Waals surface area contributed by atoms with Gasteiger partial charge in [0.2, 0.25) is 0 Å². The molecule has 63 heavy (non-hydrogen) atoms. The van der Waals surface area contributed by atoms with E-state index in [-0.39, 0.29) is 0 Å². The van der Waals surface area contributed by atoms with Crippen LogP contribution in [0, 0.1) is 6.57 Å². The van der Waals surface area contributed by atoms with Gasteiger partial charge in [-0.2, -0.15) is 0 Å². The molecule has 0 amide bonds. The van der Waals surface area contributed by atoms with Crippen LogP contribution in [-0.4, -0.2) is 19.5 Å². The third-order valence-corrected chi connectivity index (χ3v) is 12.2. The molecule has 2 heterocycles. The highest BCUT2D eigenvalue weighted by Gasteiger charge is 2.18. The van der Waals surface area contributed by atoms with Gasteiger partial charge < -0.3 is 4.57 Å². The van der Waals surface area contributed by atoms with Crippen LogP contribution in [0.5, 0.6) is 0 Å². The van der Waals surface area contributed by atoms with E-state index >= 15 is 0 Å². The first kappa shape index (κ1) is 36.2. The molecule has 10 aromatic carbocycles. The molecule has 5 heteroatoms. The van der Waals surface area contributed by atoms with Crippen LogP contribution in [0.1, 0.15) is 0 Å². The largest absolute Gasteiger partial charge is 0.310 e. The predicted octanol–water partition coefficient (Wildman–Crippen LogP) is 15.3. The van der Waals surface area contributed by atoms with Crippen molar-refractivity contribution in [3.05, 3.63) is 224 Å². The zero-order valence-electron chi connectivity index (χ0n) is 33.9. The van der Waals surface area contributed by atoms with Crippen LogP contribution in [-0.2, 0) is 0 Å². The molecule has 0 unspecified atom stereocenters. The van der Waals surface area contributed by atoms with Gasteiger partial charge in [0.1, 0.15) is 0 Å². The molecule has 0 atom stereocenters. The summed E-state index contributed by atoms with van der Waals surface area (Å²) in [5, 5.41) is 9.42. The lowest BCUT2D eigenvalue weighted by atomic mass is 9.93. The average Bonchev–Trinajstić information content (AvgIpc) is 3.71. The summed E-state index contributed by atoms with van der Waals surface area (Å²) >= 11 is 0. The van der Waals surface area contributed by atoms with Crippen molar-refractivity contribution in [3.8, 4) is 62.1 Å². The van der Waals surface area contributed by atoms with Crippen LogP contribution in [0.4, 0.5) is 5.69 Å². The van der Waals surface area contributed by atoms with Crippen molar-refractivity contribution in [3.63, 3.8) is 0 Å². The minimum atomic E-state index is 0.488. The van der Waals surface area contributed by atoms with Gasteiger partial charge >= 0.3 is 0 Å². The summed E-state index contributed by atoms with van der Waals surface area (Å²) in [6, 6.07) is 74.0. The van der Waals surface area contributed by atoms with E-state index in [4.69, 9.17) is 21.5 Å². The predicted molar refractivity (Wildman–Crippen MR) is 260 cm³/mol. The molecule has 0 spiro atoms. The Morgan fingerprint density at radius 2 is 0.730 bits per heavy atom. The van der Waals surface area contributed by atoms with Crippen molar-refractivity contribution in [2.45, 2.75) is 0 Å². The van der Waals surface area contributed by atoms with Crippen LogP contribution < -0.4 is 0 Å². The third kappa shape index (κ3) is 6.20. The van der Waals surface area contributed by atoms with Gasteiger partial charge in [0.05, 0.1) is 17.6 Å². The van der Waals surface area contributed by atoms with E-state index < -0.39 is 0 Å². The molecule has 0 saturated heterocycles. The topological polar surface area (TPSA) is 48.0 Å². The number of hydrogen-bond acceptors (Lipinski definition) is 3. The zero-order chi connectivity index (χ0) is 41.9. The van der Waals surface area contributed by atoms with Crippen LogP contribution in [0.3, 0.4) is 0 Å². The van der Waals surface area contributed by atoms with Gasteiger partial charge in [0.15, 0.2) is 23.2 Å². The van der Waals surface area contributed by atoms with E-state index in [1.165, 1.54) is 32.5 Å². The number of para-hydroxylation sites is 2. The number of nitrogens with zero attached hydrogens (tertiary/aromatic N) is 5. The average molecular weight is 802 g/mol. The summed E-state index contributed by atoms with van der Waals surface area (Å²) in [6.45, 7) is 8.24. The number of benzene rings is 10. The first-order valence-electron chi connectivity index (χ1n) is 21.0. The summed E-state index contributed by atoms with van der Waals surface area (Å²) in [6.07, 6.45) is 0. The van der Waals surface area contributed by atoms with Crippen LogP contribution in [0.25, 0.3) is 121 Å². The molecule has 0 bridgehead atoms. The molecule has 2 aromatic heterocycles. The van der Waals surface area contributed by atoms with Gasteiger partial charge in [0.25, 0.3) is 0 Å². The fraction of sp³-hybridized carbons (Fsp3) is 0. The maximum absolute atomic E-state index is 8.24. The zero-order valence-corrected chi connectivity index (χ0v) is 33.9. The Labute approximate surface area is 363 Å². The van der Waals surface area contributed by atoms with E-state index in [1.54, 1.807) is 0 Å². The summed E-state index contributed by atoms with van der Waals surface area (Å²) < 4.78 is 2.23. The summed E-state index contributed by atoms with van der Waals surface area (Å²) in [4.78, 5) is 19.7. The van der Waals surface area contributed by atoms with Crippen molar-refractivity contribution in [2.24, 2.45) is 0 Å². The van der Waals surface area contributed by atoms with Crippen molar-refractivity contribution in [2.75, 3.05) is 0 Å². The molecule has 5 nitrogen and oxygen atoms in total. The van der Waals surface area contributed by atoms with E-state index in [0.29, 0.717) is 23.2 Å². The second-order valence-corrected chi connectivity index (χ2v) is 15.9. The Morgan fingerprint density at radius 3 is 1.32 bits per heavy atom. The molecule has 0 N–H and O–H groups in total. The lowest BCUT2D eigenvalue weighted by Crippen LogP contribution is -2.01. The van der Waals surface area contributed by atoms with Crippen LogP contribution in [0.2, 0.25) is 0 Å². The molecule has 0 radical (unpaired) electrons. The molecule has 292 valence electrons. The molecule has 0 fully saturated rings. The molecule has 0 aliphatic heterocycles. The van der Waals surface area contributed by atoms with Crippen molar-refractivity contribution in [1.82, 2.24) is 19.5 Å². The van der Waals surface area contributed by atoms with Crippen LogP contribution >= 0.6 is 0 Å². The quantitative estimate of drug-likeness (QED) is 0.124. The number of rotatable bonds is 6. The van der Waals surface area contributed by atoms with Crippen molar-refractivity contribution < 1.29 is 0 Å². The van der Waals surface area contributed by atoms with Crippen molar-refractivity contribution >= 4 is 59.8 Å². The standard InChI is InChI=1S/C58H35N5/c1-59-44-33-43(34-45(36-44)63-54-27-11-9-25-51(54)52-26-10-12-28-55(52)63)58-61-56(41-20-14-19-40(32-41)39-18-13-17-38(31-39)37-15-3-2-4-16-37)60-57(62-58)42-29-30-50-48-23-6-5-21-46(48)47-22-7-8-24-49(47)53(50)35-42/h2-36H. The molecule has 12 rings (SSSR count). The Hall–Kier alpha value is -8.72. The lowest BCUT2D eigenvalue weighted by molar-refractivity contribution is 1.07. The smallest absolute Gasteiger partial charge is 0.190 e. The van der Waals surface area contributed by atoms with Gasteiger partial charge in [-0.25, -0.2) is 19.8 Å². The van der Waals surface area contributed by atoms with E-state index in [0.717, 1.165) is 66.3 Å². The first-order valence-corrected chi connectivity index (χ1v) is 21.0. The van der Waals surface area contributed by atoms with Crippen molar-refractivity contribution in [1.29, 1.82) is 0 Å². The summed E-state index contributed by atoms with van der Waals surface area (Å²) in [7, 11) is 0. The lowest BCUT2D eigenvalue weighted by Gasteiger charge is -2.14. The Balaban J connectivity index is 1.07. The molecule has 0 aliphatic carbocycles. The van der Waals surface area contributed by atoms with Gasteiger partial charge in [-0.1, -0.05) is 164 Å². The molecular formula is C58H35N5. The molecule has 0 saturated carbocycles. The maximum atomic E-state index is 8.24. The van der Waals surface area contributed by atoms with E-state index in [2.05, 4.69) is 204 Å². The Morgan fingerprint density at radius 1 is 0.302 bits per heavy atom.